The summed E-state index contributed by atoms with van der Waals surface area (Å²) in [5.41, 5.74) is 5.31. The third kappa shape index (κ3) is 3.46. The Bertz CT molecular complexity index is 811. The van der Waals surface area contributed by atoms with Crippen LogP contribution >= 0.6 is 0 Å². The van der Waals surface area contributed by atoms with E-state index in [0.29, 0.717) is 12.0 Å². The van der Waals surface area contributed by atoms with Crippen LogP contribution in [-0.4, -0.2) is 48.9 Å². The van der Waals surface area contributed by atoms with Gasteiger partial charge in [-0.2, -0.15) is 5.10 Å². The molecule has 0 N–H and O–H groups in total. The molecule has 0 fully saturated rings. The number of likely N-dealkylation sites (N-methyl/N-ethyl adjacent to an activating group) is 1. The molecule has 27 heavy (non-hydrogen) atoms. The van der Waals surface area contributed by atoms with Gasteiger partial charge < -0.3 is 9.64 Å². The molecule has 2 aromatic carbocycles. The number of fused-ring (bicyclic) bond motifs is 3. The molecule has 0 saturated heterocycles. The first-order valence-corrected chi connectivity index (χ1v) is 10.1. The predicted octanol–water partition coefficient (Wildman–Crippen LogP) is 3.97. The summed E-state index contributed by atoms with van der Waals surface area (Å²) >= 11 is 0. The average molecular weight is 364 g/mol. The van der Waals surface area contributed by atoms with Gasteiger partial charge in [-0.15, -0.1) is 0 Å². The van der Waals surface area contributed by atoms with Gasteiger partial charge in [-0.25, -0.2) is 0 Å². The maximum Gasteiger partial charge on any atom is 0.119 e. The Morgan fingerprint density at radius 1 is 1.07 bits per heavy atom. The van der Waals surface area contributed by atoms with Crippen molar-refractivity contribution in [3.8, 4) is 5.75 Å². The van der Waals surface area contributed by atoms with Gasteiger partial charge in [0, 0.05) is 25.1 Å². The number of hydrazone groups is 1. The van der Waals surface area contributed by atoms with Gasteiger partial charge >= 0.3 is 0 Å². The minimum Gasteiger partial charge on any atom is -0.492 e. The molecule has 1 aliphatic carbocycles. The van der Waals surface area contributed by atoms with Crippen LogP contribution in [0.25, 0.3) is 0 Å². The molecule has 1 heterocycles. The van der Waals surface area contributed by atoms with E-state index in [1.807, 2.05) is 0 Å². The molecule has 0 aromatic heterocycles. The summed E-state index contributed by atoms with van der Waals surface area (Å²) in [6.45, 7) is 8.22. The molecular formula is C23H29N3O. The molecule has 0 spiro atoms. The van der Waals surface area contributed by atoms with Crippen molar-refractivity contribution >= 4 is 5.71 Å². The fourth-order valence-corrected chi connectivity index (χ4v) is 4.40. The van der Waals surface area contributed by atoms with Gasteiger partial charge in [-0.1, -0.05) is 50.2 Å². The largest absolute Gasteiger partial charge is 0.492 e. The maximum atomic E-state index is 5.94. The van der Waals surface area contributed by atoms with Crippen LogP contribution in [0.15, 0.2) is 53.6 Å². The van der Waals surface area contributed by atoms with Crippen molar-refractivity contribution in [1.29, 1.82) is 0 Å². The van der Waals surface area contributed by atoms with E-state index in [1.165, 1.54) is 22.4 Å². The van der Waals surface area contributed by atoms with Crippen LogP contribution < -0.4 is 4.74 Å². The Balaban J connectivity index is 1.43. The third-order valence-corrected chi connectivity index (χ3v) is 5.93. The van der Waals surface area contributed by atoms with Gasteiger partial charge in [-0.05, 0) is 42.8 Å². The Kier molecular flexibility index (Phi) is 5.17. The molecule has 2 atom stereocenters. The summed E-state index contributed by atoms with van der Waals surface area (Å²) in [4.78, 5) is 2.37. The summed E-state index contributed by atoms with van der Waals surface area (Å²) < 4.78 is 5.94. The predicted molar refractivity (Wildman–Crippen MR) is 110 cm³/mol. The standard InChI is InChI=1S/C23H29N3O/c1-4-26(5-2)14-15-27-19-12-10-17(11-13-19)23-21-16-18-8-6-7-9-20(18)22(21)24-25(23)3/h6-13,21,23H,4-5,14-16H2,1-3H3. The van der Waals surface area contributed by atoms with Crippen LogP contribution in [0.3, 0.4) is 0 Å². The summed E-state index contributed by atoms with van der Waals surface area (Å²) in [6, 6.07) is 17.6. The van der Waals surface area contributed by atoms with Gasteiger partial charge in [0.2, 0.25) is 0 Å². The zero-order valence-electron chi connectivity index (χ0n) is 16.6. The lowest BCUT2D eigenvalue weighted by atomic mass is 9.90. The lowest BCUT2D eigenvalue weighted by molar-refractivity contribution is 0.222. The lowest BCUT2D eigenvalue weighted by Crippen LogP contribution is -2.27. The van der Waals surface area contributed by atoms with E-state index in [-0.39, 0.29) is 0 Å². The molecule has 1 aliphatic heterocycles. The van der Waals surface area contributed by atoms with Gasteiger partial charge in [-0.3, -0.25) is 5.01 Å². The summed E-state index contributed by atoms with van der Waals surface area (Å²) in [5, 5.41) is 7.00. The second-order valence-corrected chi connectivity index (χ2v) is 7.42. The van der Waals surface area contributed by atoms with Crippen molar-refractivity contribution in [1.82, 2.24) is 9.91 Å². The fourth-order valence-electron chi connectivity index (χ4n) is 4.40. The summed E-state index contributed by atoms with van der Waals surface area (Å²) in [5.74, 6) is 1.39. The molecule has 0 saturated carbocycles. The highest BCUT2D eigenvalue weighted by Gasteiger charge is 2.41. The van der Waals surface area contributed by atoms with Gasteiger partial charge in [0.05, 0.1) is 11.8 Å². The molecule has 2 unspecified atom stereocenters. The van der Waals surface area contributed by atoms with Crippen LogP contribution in [0.5, 0.6) is 5.75 Å². The van der Waals surface area contributed by atoms with Gasteiger partial charge in [0.15, 0.2) is 0 Å². The first-order valence-electron chi connectivity index (χ1n) is 10.1. The molecule has 4 heteroatoms. The van der Waals surface area contributed by atoms with Crippen LogP contribution in [0.4, 0.5) is 0 Å². The Hall–Kier alpha value is -2.33. The number of nitrogens with zero attached hydrogens (tertiary/aromatic N) is 3. The topological polar surface area (TPSA) is 28.1 Å². The van der Waals surface area contributed by atoms with Gasteiger partial charge in [0.1, 0.15) is 12.4 Å². The molecule has 2 aliphatic rings. The Morgan fingerprint density at radius 3 is 2.56 bits per heavy atom. The second-order valence-electron chi connectivity index (χ2n) is 7.42. The molecule has 142 valence electrons. The zero-order valence-corrected chi connectivity index (χ0v) is 16.6. The lowest BCUT2D eigenvalue weighted by Gasteiger charge is -2.24. The fraction of sp³-hybridized carbons (Fsp3) is 0.435. The van der Waals surface area contributed by atoms with E-state index < -0.39 is 0 Å². The molecule has 2 aromatic rings. The van der Waals surface area contributed by atoms with Crippen molar-refractivity contribution in [2.24, 2.45) is 11.0 Å². The van der Waals surface area contributed by atoms with Crippen molar-refractivity contribution in [3.05, 3.63) is 65.2 Å². The van der Waals surface area contributed by atoms with E-state index in [0.717, 1.165) is 38.4 Å². The summed E-state index contributed by atoms with van der Waals surface area (Å²) in [7, 11) is 2.09. The quantitative estimate of drug-likeness (QED) is 0.745. The van der Waals surface area contributed by atoms with Crippen molar-refractivity contribution in [2.75, 3.05) is 33.3 Å². The highest BCUT2D eigenvalue weighted by atomic mass is 16.5. The highest BCUT2D eigenvalue weighted by Crippen LogP contribution is 2.43. The van der Waals surface area contributed by atoms with E-state index >= 15 is 0 Å². The number of benzene rings is 2. The molecular weight excluding hydrogens is 334 g/mol. The average Bonchev–Trinajstić information content (AvgIpc) is 3.20. The third-order valence-electron chi connectivity index (χ3n) is 5.93. The van der Waals surface area contributed by atoms with Gasteiger partial charge in [0.25, 0.3) is 0 Å². The minimum absolute atomic E-state index is 0.303. The van der Waals surface area contributed by atoms with Crippen LogP contribution in [0.2, 0.25) is 0 Å². The first-order chi connectivity index (χ1) is 13.2. The van der Waals surface area contributed by atoms with Crippen LogP contribution in [0.1, 0.15) is 36.6 Å². The van der Waals surface area contributed by atoms with Crippen LogP contribution in [-0.2, 0) is 6.42 Å². The van der Waals surface area contributed by atoms with Crippen molar-refractivity contribution in [3.63, 3.8) is 0 Å². The Morgan fingerprint density at radius 2 is 1.81 bits per heavy atom. The highest BCUT2D eigenvalue weighted by molar-refractivity contribution is 6.07. The monoisotopic (exact) mass is 363 g/mol. The van der Waals surface area contributed by atoms with E-state index in [1.54, 1.807) is 0 Å². The normalized spacial score (nSPS) is 20.6. The molecule has 4 nitrogen and oxygen atoms in total. The minimum atomic E-state index is 0.303. The molecule has 0 bridgehead atoms. The smallest absolute Gasteiger partial charge is 0.119 e. The number of ether oxygens (including phenoxy) is 1. The summed E-state index contributed by atoms with van der Waals surface area (Å²) in [6.07, 6.45) is 1.08. The van der Waals surface area contributed by atoms with Crippen molar-refractivity contribution < 1.29 is 4.74 Å². The number of rotatable bonds is 7. The molecule has 0 amide bonds. The van der Waals surface area contributed by atoms with Crippen LogP contribution in [0, 0.1) is 5.92 Å². The maximum absolute atomic E-state index is 5.94. The molecule has 4 rings (SSSR count). The number of hydrogen-bond donors (Lipinski definition) is 0. The Labute approximate surface area is 162 Å². The van der Waals surface area contributed by atoms with E-state index in [4.69, 9.17) is 9.84 Å². The van der Waals surface area contributed by atoms with E-state index in [9.17, 15) is 0 Å². The number of hydrogen-bond acceptors (Lipinski definition) is 4. The van der Waals surface area contributed by atoms with E-state index in [2.05, 4.69) is 79.3 Å². The molecule has 0 radical (unpaired) electrons. The first kappa shape index (κ1) is 18.1. The van der Waals surface area contributed by atoms with Crippen molar-refractivity contribution in [2.45, 2.75) is 26.3 Å². The second kappa shape index (κ2) is 7.73. The SMILES string of the molecule is CCN(CC)CCOc1ccc(C2C3Cc4ccccc4C3=NN2C)cc1. The zero-order chi connectivity index (χ0) is 18.8.